The van der Waals surface area contributed by atoms with Crippen molar-refractivity contribution >= 4 is 22.9 Å². The molecule has 0 bridgehead atoms. The monoisotopic (exact) mass is 388 g/mol. The van der Waals surface area contributed by atoms with Crippen LogP contribution in [0.5, 0.6) is 0 Å². The highest BCUT2D eigenvalue weighted by atomic mass is 32.1. The minimum Gasteiger partial charge on any atom is -0.378 e. The van der Waals surface area contributed by atoms with Crippen molar-refractivity contribution < 1.29 is 9.53 Å². The van der Waals surface area contributed by atoms with Crippen molar-refractivity contribution in [2.75, 3.05) is 44.3 Å². The summed E-state index contributed by atoms with van der Waals surface area (Å²) in [5.41, 5.74) is 2.52. The van der Waals surface area contributed by atoms with Crippen molar-refractivity contribution in [2.45, 2.75) is 25.8 Å². The summed E-state index contributed by atoms with van der Waals surface area (Å²) in [6, 6.07) is 1.58. The first kappa shape index (κ1) is 18.2. The maximum Gasteiger partial charge on any atom is 0.269 e. The van der Waals surface area contributed by atoms with Gasteiger partial charge in [-0.05, 0) is 30.7 Å². The Morgan fingerprint density at radius 3 is 2.78 bits per heavy atom. The predicted molar refractivity (Wildman–Crippen MR) is 105 cm³/mol. The molecule has 2 aliphatic heterocycles. The number of piperidine rings is 1. The molecule has 0 radical (unpaired) electrons. The SMILES string of the molecule is Cc1cscc1C(=O)N1CCC[C@@H](n2ncc(N3CCOCC3)cc2=O)C1. The van der Waals surface area contributed by atoms with Gasteiger partial charge in [-0.15, -0.1) is 0 Å². The summed E-state index contributed by atoms with van der Waals surface area (Å²) >= 11 is 1.54. The number of amides is 1. The van der Waals surface area contributed by atoms with Gasteiger partial charge in [-0.2, -0.15) is 16.4 Å². The summed E-state index contributed by atoms with van der Waals surface area (Å²) in [6.07, 6.45) is 3.49. The van der Waals surface area contributed by atoms with E-state index < -0.39 is 0 Å². The number of anilines is 1. The molecule has 2 saturated heterocycles. The van der Waals surface area contributed by atoms with Crippen LogP contribution in [0, 0.1) is 6.92 Å². The van der Waals surface area contributed by atoms with Crippen molar-refractivity contribution in [1.82, 2.24) is 14.7 Å². The van der Waals surface area contributed by atoms with Crippen LogP contribution >= 0.6 is 11.3 Å². The molecule has 0 spiro atoms. The molecule has 2 aliphatic rings. The first-order valence-electron chi connectivity index (χ1n) is 9.37. The highest BCUT2D eigenvalue weighted by Gasteiger charge is 2.28. The average molecular weight is 388 g/mol. The summed E-state index contributed by atoms with van der Waals surface area (Å²) < 4.78 is 6.91. The average Bonchev–Trinajstić information content (AvgIpc) is 3.14. The lowest BCUT2D eigenvalue weighted by Gasteiger charge is -2.33. The van der Waals surface area contributed by atoms with Crippen molar-refractivity contribution in [3.8, 4) is 0 Å². The summed E-state index contributed by atoms with van der Waals surface area (Å²) in [5, 5.41) is 8.33. The van der Waals surface area contributed by atoms with Crippen LogP contribution in [0.3, 0.4) is 0 Å². The van der Waals surface area contributed by atoms with Crippen LogP contribution in [0.2, 0.25) is 0 Å². The van der Waals surface area contributed by atoms with Gasteiger partial charge in [0, 0.05) is 37.6 Å². The lowest BCUT2D eigenvalue weighted by Crippen LogP contribution is -2.44. The number of hydrogen-bond donors (Lipinski definition) is 0. The van der Waals surface area contributed by atoms with Crippen molar-refractivity contribution in [3.05, 3.63) is 44.5 Å². The van der Waals surface area contributed by atoms with Crippen LogP contribution in [0.4, 0.5) is 5.69 Å². The minimum atomic E-state index is -0.106. The van der Waals surface area contributed by atoms with Crippen molar-refractivity contribution in [2.24, 2.45) is 0 Å². The van der Waals surface area contributed by atoms with Crippen LogP contribution in [-0.2, 0) is 4.74 Å². The van der Waals surface area contributed by atoms with Gasteiger partial charge in [0.05, 0.1) is 36.7 Å². The van der Waals surface area contributed by atoms with E-state index in [9.17, 15) is 9.59 Å². The third-order valence-corrected chi connectivity index (χ3v) is 6.16. The van der Waals surface area contributed by atoms with Gasteiger partial charge in [-0.3, -0.25) is 9.59 Å². The van der Waals surface area contributed by atoms with E-state index in [1.54, 1.807) is 28.3 Å². The van der Waals surface area contributed by atoms with E-state index in [4.69, 9.17) is 4.74 Å². The molecule has 0 aromatic carbocycles. The van der Waals surface area contributed by atoms with Gasteiger partial charge in [0.1, 0.15) is 0 Å². The second-order valence-electron chi connectivity index (χ2n) is 7.11. The van der Waals surface area contributed by atoms with Crippen molar-refractivity contribution in [1.29, 1.82) is 0 Å². The maximum atomic E-state index is 12.8. The van der Waals surface area contributed by atoms with Crippen LogP contribution in [0.25, 0.3) is 0 Å². The molecule has 0 unspecified atom stereocenters. The number of aromatic nitrogens is 2. The van der Waals surface area contributed by atoms with Crippen LogP contribution in [0.1, 0.15) is 34.8 Å². The summed E-state index contributed by atoms with van der Waals surface area (Å²) in [5.74, 6) is 0.0523. The van der Waals surface area contributed by atoms with E-state index in [1.807, 2.05) is 22.6 Å². The third-order valence-electron chi connectivity index (χ3n) is 5.30. The van der Waals surface area contributed by atoms with Gasteiger partial charge >= 0.3 is 0 Å². The number of morpholine rings is 1. The molecule has 2 aromatic heterocycles. The quantitative estimate of drug-likeness (QED) is 0.804. The molecular weight excluding hydrogens is 364 g/mol. The maximum absolute atomic E-state index is 12.8. The Hall–Kier alpha value is -2.19. The predicted octanol–water partition coefficient (Wildman–Crippen LogP) is 1.93. The number of likely N-dealkylation sites (tertiary alicyclic amines) is 1. The molecule has 0 N–H and O–H groups in total. The number of carbonyl (C=O) groups excluding carboxylic acids is 1. The van der Waals surface area contributed by atoms with E-state index in [0.717, 1.165) is 49.3 Å². The van der Waals surface area contributed by atoms with E-state index in [-0.39, 0.29) is 17.5 Å². The lowest BCUT2D eigenvalue weighted by molar-refractivity contribution is 0.0669. The van der Waals surface area contributed by atoms with Crippen LogP contribution < -0.4 is 10.5 Å². The molecular formula is C19H24N4O3S. The summed E-state index contributed by atoms with van der Waals surface area (Å²) in [7, 11) is 0. The number of thiophene rings is 1. The van der Waals surface area contributed by atoms with Crippen LogP contribution in [0.15, 0.2) is 27.8 Å². The topological polar surface area (TPSA) is 67.7 Å². The molecule has 4 heterocycles. The molecule has 7 nitrogen and oxygen atoms in total. The smallest absolute Gasteiger partial charge is 0.269 e. The molecule has 144 valence electrons. The highest BCUT2D eigenvalue weighted by molar-refractivity contribution is 7.08. The zero-order valence-corrected chi connectivity index (χ0v) is 16.3. The first-order valence-corrected chi connectivity index (χ1v) is 10.3. The Morgan fingerprint density at radius 2 is 2.07 bits per heavy atom. The first-order chi connectivity index (χ1) is 13.1. The van der Waals surface area contributed by atoms with E-state index in [1.165, 1.54) is 0 Å². The molecule has 2 aromatic rings. The van der Waals surface area contributed by atoms with Gasteiger partial charge in [-0.1, -0.05) is 0 Å². The minimum absolute atomic E-state index is 0.0523. The van der Waals surface area contributed by atoms with Gasteiger partial charge in [0.25, 0.3) is 11.5 Å². The number of ether oxygens (including phenoxy) is 1. The lowest BCUT2D eigenvalue weighted by atomic mass is 10.0. The Morgan fingerprint density at radius 1 is 1.26 bits per heavy atom. The fourth-order valence-electron chi connectivity index (χ4n) is 3.77. The normalized spacial score (nSPS) is 20.7. The second-order valence-corrected chi connectivity index (χ2v) is 7.86. The van der Waals surface area contributed by atoms with E-state index in [2.05, 4.69) is 10.00 Å². The van der Waals surface area contributed by atoms with Crippen molar-refractivity contribution in [3.63, 3.8) is 0 Å². The molecule has 27 heavy (non-hydrogen) atoms. The number of rotatable bonds is 3. The molecule has 1 atom stereocenters. The number of hydrogen-bond acceptors (Lipinski definition) is 6. The highest BCUT2D eigenvalue weighted by Crippen LogP contribution is 2.24. The molecule has 0 aliphatic carbocycles. The number of aryl methyl sites for hydroxylation is 1. The Bertz CT molecular complexity index is 872. The number of carbonyl (C=O) groups is 1. The van der Waals surface area contributed by atoms with Gasteiger partial charge in [-0.25, -0.2) is 4.68 Å². The van der Waals surface area contributed by atoms with Gasteiger partial charge in [0.2, 0.25) is 0 Å². The Labute approximate surface area is 162 Å². The zero-order valence-electron chi connectivity index (χ0n) is 15.5. The molecule has 0 saturated carbocycles. The summed E-state index contributed by atoms with van der Waals surface area (Å²) in [4.78, 5) is 29.5. The Kier molecular flexibility index (Phi) is 5.27. The van der Waals surface area contributed by atoms with Gasteiger partial charge in [0.15, 0.2) is 0 Å². The molecule has 4 rings (SSSR count). The largest absolute Gasteiger partial charge is 0.378 e. The molecule has 2 fully saturated rings. The summed E-state index contributed by atoms with van der Waals surface area (Å²) in [6.45, 7) is 6.11. The Balaban J connectivity index is 1.50. The zero-order chi connectivity index (χ0) is 18.8. The fraction of sp³-hybridized carbons (Fsp3) is 0.526. The number of nitrogens with zero attached hydrogens (tertiary/aromatic N) is 4. The molecule has 8 heteroatoms. The molecule has 1 amide bonds. The fourth-order valence-corrected chi connectivity index (χ4v) is 4.59. The van der Waals surface area contributed by atoms with E-state index >= 15 is 0 Å². The third kappa shape index (κ3) is 3.77. The van der Waals surface area contributed by atoms with E-state index in [0.29, 0.717) is 19.8 Å². The van der Waals surface area contributed by atoms with Gasteiger partial charge < -0.3 is 14.5 Å². The van der Waals surface area contributed by atoms with Crippen LogP contribution in [-0.4, -0.2) is 60.0 Å². The second kappa shape index (κ2) is 7.82. The standard InChI is InChI=1S/C19H24N4O3S/c1-14-12-27-13-17(14)19(25)22-4-2-3-15(11-22)23-18(24)9-16(10-20-23)21-5-7-26-8-6-21/h9-10,12-13,15H,2-8,11H2,1H3/t15-/m1/s1.